The van der Waals surface area contributed by atoms with Gasteiger partial charge in [-0.1, -0.05) is 12.1 Å². The van der Waals surface area contributed by atoms with Gasteiger partial charge in [0.25, 0.3) is 0 Å². The molecule has 1 aliphatic carbocycles. The van der Waals surface area contributed by atoms with Gasteiger partial charge in [0, 0.05) is 0 Å². The van der Waals surface area contributed by atoms with Crippen LogP contribution in [-0.4, -0.2) is 36.7 Å². The monoisotopic (exact) mass is 437 g/mol. The zero-order valence-electron chi connectivity index (χ0n) is 18.6. The van der Waals surface area contributed by atoms with Crippen molar-refractivity contribution in [1.82, 2.24) is 5.32 Å². The van der Waals surface area contributed by atoms with E-state index in [4.69, 9.17) is 9.47 Å². The van der Waals surface area contributed by atoms with Crippen LogP contribution in [0.3, 0.4) is 0 Å². The van der Waals surface area contributed by atoms with Crippen molar-refractivity contribution < 1.29 is 19.1 Å². The summed E-state index contributed by atoms with van der Waals surface area (Å²) in [4.78, 5) is 24.3. The molecule has 1 aliphatic heterocycles. The molecule has 0 amide bonds. The number of hydrogen-bond acceptors (Lipinski definition) is 5. The molecule has 1 aromatic carbocycles. The second-order valence-corrected chi connectivity index (χ2v) is 9.24. The molecule has 2 aliphatic rings. The lowest BCUT2D eigenvalue weighted by Gasteiger charge is -2.42. The van der Waals surface area contributed by atoms with Gasteiger partial charge >= 0.3 is 11.9 Å². The van der Waals surface area contributed by atoms with E-state index in [-0.39, 0.29) is 42.6 Å². The molecule has 0 radical (unpaired) electrons. The van der Waals surface area contributed by atoms with Crippen LogP contribution in [0.5, 0.6) is 0 Å². The van der Waals surface area contributed by atoms with Gasteiger partial charge in [-0.2, -0.15) is 0 Å². The Labute approximate surface area is 186 Å². The van der Waals surface area contributed by atoms with Crippen LogP contribution in [0.4, 0.5) is 0 Å². The summed E-state index contributed by atoms with van der Waals surface area (Å²) >= 11 is 0. The SMILES string of the molecule is CC(C)OC(=O)c1ccc(C[C@H]2CCC3CN[C@H](C(=O)OC(C)C)CC3C2)cc1.Cl. The molecule has 1 heterocycles. The molecule has 0 bridgehead atoms. The first kappa shape index (κ1) is 24.7. The molecule has 5 nitrogen and oxygen atoms in total. The van der Waals surface area contributed by atoms with Gasteiger partial charge in [-0.15, -0.1) is 12.4 Å². The van der Waals surface area contributed by atoms with Crippen molar-refractivity contribution in [3.05, 3.63) is 35.4 Å². The fraction of sp³-hybridized carbons (Fsp3) is 0.667. The standard InChI is InChI=1S/C24H35NO4.ClH/c1-15(2)28-23(26)19-8-5-17(6-9-19)11-18-7-10-20-14-25-22(13-21(20)12-18)24(27)29-16(3)4;/h5-6,8-9,15-16,18,20-22,25H,7,10-14H2,1-4H3;1H/t18-,20?,21?,22+;/m1./s1. The molecule has 6 heteroatoms. The van der Waals surface area contributed by atoms with Crippen LogP contribution in [0.25, 0.3) is 0 Å². The number of ether oxygens (including phenoxy) is 2. The van der Waals surface area contributed by atoms with Gasteiger partial charge in [-0.3, -0.25) is 4.79 Å². The molecule has 1 aromatic rings. The predicted octanol–water partition coefficient (Wildman–Crippen LogP) is 4.56. The summed E-state index contributed by atoms with van der Waals surface area (Å²) in [7, 11) is 0. The van der Waals surface area contributed by atoms with Crippen LogP contribution in [0, 0.1) is 17.8 Å². The quantitative estimate of drug-likeness (QED) is 0.661. The molecule has 0 aromatic heterocycles. The highest BCUT2D eigenvalue weighted by atomic mass is 35.5. The van der Waals surface area contributed by atoms with Gasteiger partial charge in [0.1, 0.15) is 6.04 Å². The summed E-state index contributed by atoms with van der Waals surface area (Å²) in [5.41, 5.74) is 1.87. The lowest BCUT2D eigenvalue weighted by molar-refractivity contribution is -0.151. The Morgan fingerprint density at radius 3 is 2.27 bits per heavy atom. The average molecular weight is 438 g/mol. The van der Waals surface area contributed by atoms with Crippen LogP contribution in [0.1, 0.15) is 69.3 Å². The van der Waals surface area contributed by atoms with Crippen molar-refractivity contribution in [3.63, 3.8) is 0 Å². The number of esters is 2. The Hall–Kier alpha value is -1.59. The minimum absolute atomic E-state index is 0. The molecule has 4 atom stereocenters. The van der Waals surface area contributed by atoms with Crippen LogP contribution in [0.15, 0.2) is 24.3 Å². The molecular formula is C24H36ClNO4. The van der Waals surface area contributed by atoms with Crippen molar-refractivity contribution in [1.29, 1.82) is 0 Å². The number of carbonyl (C=O) groups is 2. The molecule has 2 unspecified atom stereocenters. The van der Waals surface area contributed by atoms with Gasteiger partial charge in [0.2, 0.25) is 0 Å². The van der Waals surface area contributed by atoms with E-state index in [1.54, 1.807) is 0 Å². The van der Waals surface area contributed by atoms with Gasteiger partial charge in [-0.25, -0.2) is 4.79 Å². The van der Waals surface area contributed by atoms with E-state index in [9.17, 15) is 9.59 Å². The van der Waals surface area contributed by atoms with Crippen molar-refractivity contribution >= 4 is 24.3 Å². The number of fused-ring (bicyclic) bond motifs is 1. The summed E-state index contributed by atoms with van der Waals surface area (Å²) in [6, 6.07) is 7.67. The Balaban J connectivity index is 0.00000320. The minimum Gasteiger partial charge on any atom is -0.462 e. The van der Waals surface area contributed by atoms with Gasteiger partial charge < -0.3 is 14.8 Å². The summed E-state index contributed by atoms with van der Waals surface area (Å²) in [6.45, 7) is 8.43. The average Bonchev–Trinajstić information content (AvgIpc) is 2.67. The van der Waals surface area contributed by atoms with E-state index in [0.29, 0.717) is 23.3 Å². The molecule has 0 spiro atoms. The highest BCUT2D eigenvalue weighted by molar-refractivity contribution is 5.89. The summed E-state index contributed by atoms with van der Waals surface area (Å²) in [5.74, 6) is 1.51. The minimum atomic E-state index is -0.263. The van der Waals surface area contributed by atoms with E-state index in [0.717, 1.165) is 25.8 Å². The fourth-order valence-electron chi connectivity index (χ4n) is 4.73. The summed E-state index contributed by atoms with van der Waals surface area (Å²) in [5, 5.41) is 3.40. The zero-order chi connectivity index (χ0) is 21.0. The fourth-order valence-corrected chi connectivity index (χ4v) is 4.73. The smallest absolute Gasteiger partial charge is 0.338 e. The topological polar surface area (TPSA) is 64.6 Å². The normalized spacial score (nSPS) is 25.9. The van der Waals surface area contributed by atoms with Crippen molar-refractivity contribution in [2.75, 3.05) is 6.54 Å². The summed E-state index contributed by atoms with van der Waals surface area (Å²) < 4.78 is 10.7. The van der Waals surface area contributed by atoms with Crippen LogP contribution in [-0.2, 0) is 20.7 Å². The second-order valence-electron chi connectivity index (χ2n) is 9.24. The molecular weight excluding hydrogens is 402 g/mol. The van der Waals surface area contributed by atoms with Gasteiger partial charge in [-0.05, 0) is 102 Å². The third kappa shape index (κ3) is 6.71. The van der Waals surface area contributed by atoms with Gasteiger partial charge in [0.05, 0.1) is 17.8 Å². The number of carbonyl (C=O) groups excluding carboxylic acids is 2. The number of piperidine rings is 1. The first-order valence-corrected chi connectivity index (χ1v) is 11.1. The number of halogens is 1. The Morgan fingerprint density at radius 1 is 0.967 bits per heavy atom. The van der Waals surface area contributed by atoms with Crippen molar-refractivity contribution in [3.8, 4) is 0 Å². The van der Waals surface area contributed by atoms with Crippen LogP contribution >= 0.6 is 12.4 Å². The number of nitrogens with one attached hydrogen (secondary N) is 1. The first-order chi connectivity index (χ1) is 13.8. The van der Waals surface area contributed by atoms with E-state index in [2.05, 4.69) is 5.32 Å². The lowest BCUT2D eigenvalue weighted by atomic mass is 9.68. The second kappa shape index (κ2) is 11.1. The molecule has 1 N–H and O–H groups in total. The number of hydrogen-bond donors (Lipinski definition) is 1. The summed E-state index contributed by atoms with van der Waals surface area (Å²) in [6.07, 6.45) is 5.33. The van der Waals surface area contributed by atoms with E-state index < -0.39 is 0 Å². The van der Waals surface area contributed by atoms with Crippen LogP contribution in [0.2, 0.25) is 0 Å². The maximum Gasteiger partial charge on any atom is 0.338 e. The van der Waals surface area contributed by atoms with Crippen molar-refractivity contribution in [2.24, 2.45) is 17.8 Å². The molecule has 3 rings (SSSR count). The first-order valence-electron chi connectivity index (χ1n) is 11.1. The molecule has 1 saturated heterocycles. The molecule has 168 valence electrons. The Bertz CT molecular complexity index is 704. The molecule has 1 saturated carbocycles. The largest absolute Gasteiger partial charge is 0.462 e. The van der Waals surface area contributed by atoms with Gasteiger partial charge in [0.15, 0.2) is 0 Å². The molecule has 2 fully saturated rings. The third-order valence-electron chi connectivity index (χ3n) is 6.11. The van der Waals surface area contributed by atoms with E-state index in [1.165, 1.54) is 18.4 Å². The Morgan fingerprint density at radius 2 is 1.63 bits per heavy atom. The number of benzene rings is 1. The van der Waals surface area contributed by atoms with Crippen molar-refractivity contribution in [2.45, 2.75) is 78.0 Å². The van der Waals surface area contributed by atoms with Crippen LogP contribution < -0.4 is 5.32 Å². The lowest BCUT2D eigenvalue weighted by Crippen LogP contribution is -2.50. The zero-order valence-corrected chi connectivity index (χ0v) is 19.4. The van der Waals surface area contributed by atoms with E-state index >= 15 is 0 Å². The molecule has 30 heavy (non-hydrogen) atoms. The number of rotatable bonds is 6. The maximum atomic E-state index is 12.3. The maximum absolute atomic E-state index is 12.3. The Kier molecular flexibility index (Phi) is 9.17. The predicted molar refractivity (Wildman–Crippen MR) is 120 cm³/mol. The third-order valence-corrected chi connectivity index (χ3v) is 6.11. The highest BCUT2D eigenvalue weighted by Crippen LogP contribution is 2.40. The van der Waals surface area contributed by atoms with E-state index in [1.807, 2.05) is 52.0 Å². The highest BCUT2D eigenvalue weighted by Gasteiger charge is 2.38.